The number of benzene rings is 2. The largest absolute Gasteiger partial charge is 0.495 e. The third-order valence-electron chi connectivity index (χ3n) is 4.13. The Bertz CT molecular complexity index is 1380. The quantitative estimate of drug-likeness (QED) is 0.496. The summed E-state index contributed by atoms with van der Waals surface area (Å²) >= 11 is 3.31. The van der Waals surface area contributed by atoms with Gasteiger partial charge in [0.25, 0.3) is 5.56 Å². The molecule has 2 aromatic carbocycles. The molecule has 0 aliphatic rings. The number of methoxy groups -OCH3 is 1. The molecule has 0 radical (unpaired) electrons. The van der Waals surface area contributed by atoms with E-state index in [-0.39, 0.29) is 17.0 Å². The van der Waals surface area contributed by atoms with Crippen LogP contribution in [0.4, 0.5) is 10.1 Å². The second kappa shape index (κ2) is 8.90. The van der Waals surface area contributed by atoms with Crippen molar-refractivity contribution < 1.29 is 17.5 Å². The molecule has 162 valence electrons. The zero-order chi connectivity index (χ0) is 22.8. The van der Waals surface area contributed by atoms with Crippen LogP contribution >= 0.6 is 15.9 Å². The van der Waals surface area contributed by atoms with Gasteiger partial charge in [0.15, 0.2) is 5.82 Å². The lowest BCUT2D eigenvalue weighted by molar-refractivity contribution is 0.407. The monoisotopic (exact) mass is 509 g/mol. The van der Waals surface area contributed by atoms with Gasteiger partial charge in [-0.3, -0.25) is 19.1 Å². The fourth-order valence-corrected chi connectivity index (χ4v) is 3.97. The van der Waals surface area contributed by atoms with E-state index in [9.17, 15) is 18.0 Å². The molecule has 3 rings (SSSR count). The second-order valence-electron chi connectivity index (χ2n) is 6.45. The van der Waals surface area contributed by atoms with Crippen molar-refractivity contribution in [2.75, 3.05) is 18.1 Å². The van der Waals surface area contributed by atoms with Gasteiger partial charge in [0, 0.05) is 18.0 Å². The number of hydrogen-bond donors (Lipinski definition) is 2. The minimum atomic E-state index is -3.39. The van der Waals surface area contributed by atoms with Gasteiger partial charge in [-0.1, -0.05) is 18.2 Å². The van der Waals surface area contributed by atoms with Crippen LogP contribution in [-0.2, 0) is 10.0 Å². The molecule has 0 amide bonds. The predicted octanol–water partition coefficient (Wildman–Crippen LogP) is 2.98. The Morgan fingerprint density at radius 2 is 1.84 bits per heavy atom. The third kappa shape index (κ3) is 5.30. The molecule has 11 heteroatoms. The van der Waals surface area contributed by atoms with Crippen LogP contribution in [-0.4, -0.2) is 31.3 Å². The third-order valence-corrected chi connectivity index (χ3v) is 5.33. The van der Waals surface area contributed by atoms with Crippen molar-refractivity contribution in [2.45, 2.75) is 0 Å². The Hall–Kier alpha value is -3.18. The molecule has 8 nitrogen and oxygen atoms in total. The number of H-pyrrole nitrogens is 1. The van der Waals surface area contributed by atoms with Gasteiger partial charge < -0.3 is 4.74 Å². The molecule has 0 aliphatic heterocycles. The highest BCUT2D eigenvalue weighted by molar-refractivity contribution is 9.10. The Balaban J connectivity index is 2.05. The molecule has 31 heavy (non-hydrogen) atoms. The van der Waals surface area contributed by atoms with E-state index in [0.717, 1.165) is 16.9 Å². The van der Waals surface area contributed by atoms with Gasteiger partial charge in [0.05, 0.1) is 29.1 Å². The van der Waals surface area contributed by atoms with Crippen molar-refractivity contribution >= 4 is 43.8 Å². The van der Waals surface area contributed by atoms with Gasteiger partial charge in [-0.15, -0.1) is 0 Å². The number of sulfonamides is 1. The Morgan fingerprint density at radius 3 is 2.42 bits per heavy atom. The summed E-state index contributed by atoms with van der Waals surface area (Å²) in [4.78, 5) is 25.5. The number of rotatable bonds is 6. The summed E-state index contributed by atoms with van der Waals surface area (Å²) in [6, 6.07) is 8.93. The fourth-order valence-electron chi connectivity index (χ4n) is 2.81. The first kappa shape index (κ1) is 22.5. The van der Waals surface area contributed by atoms with E-state index in [4.69, 9.17) is 4.74 Å². The molecule has 3 aromatic rings. The van der Waals surface area contributed by atoms with Crippen molar-refractivity contribution in [1.29, 1.82) is 0 Å². The van der Waals surface area contributed by atoms with Gasteiger partial charge in [0.1, 0.15) is 5.75 Å². The predicted molar refractivity (Wildman–Crippen MR) is 121 cm³/mol. The average Bonchev–Trinajstić information content (AvgIpc) is 2.68. The maximum Gasteiger partial charge on any atom is 0.333 e. The molecule has 0 spiro atoms. The summed E-state index contributed by atoms with van der Waals surface area (Å²) in [7, 11) is -2.01. The van der Waals surface area contributed by atoms with Crippen molar-refractivity contribution in [3.05, 3.63) is 84.8 Å². The highest BCUT2D eigenvalue weighted by atomic mass is 79.9. The number of aromatic nitrogens is 2. The summed E-state index contributed by atoms with van der Waals surface area (Å²) in [6.07, 6.45) is 5.31. The molecule has 1 aromatic heterocycles. The molecule has 1 heterocycles. The summed E-state index contributed by atoms with van der Waals surface area (Å²) < 4.78 is 47.0. The summed E-state index contributed by atoms with van der Waals surface area (Å²) in [5.74, 6) is -0.522. The number of halogens is 2. The van der Waals surface area contributed by atoms with Crippen LogP contribution in [0, 0.1) is 5.82 Å². The van der Waals surface area contributed by atoms with E-state index in [1.807, 2.05) is 0 Å². The van der Waals surface area contributed by atoms with E-state index in [1.165, 1.54) is 25.4 Å². The number of anilines is 1. The first-order valence-electron chi connectivity index (χ1n) is 8.73. The number of aromatic amines is 1. The number of ether oxygens (including phenoxy) is 1. The zero-order valence-electron chi connectivity index (χ0n) is 16.3. The van der Waals surface area contributed by atoms with E-state index in [1.54, 1.807) is 30.3 Å². The molecule has 0 atom stereocenters. The first-order valence-corrected chi connectivity index (χ1v) is 11.4. The Labute approximate surface area is 185 Å². The molecule has 0 unspecified atom stereocenters. The molecular formula is C20H17BrFN3O5S. The SMILES string of the molecule is COc1c(Br)cc(-n2ccc(=O)[nH]c2=O)c(F)c1/C=C/c1ccc(NS(C)(=O)=O)cc1. The van der Waals surface area contributed by atoms with Crippen LogP contribution in [0.2, 0.25) is 0 Å². The lowest BCUT2D eigenvalue weighted by Gasteiger charge is -2.14. The van der Waals surface area contributed by atoms with Crippen molar-refractivity contribution in [2.24, 2.45) is 0 Å². The van der Waals surface area contributed by atoms with Crippen LogP contribution in [0.15, 0.2) is 56.7 Å². The molecule has 0 aliphatic carbocycles. The molecule has 0 saturated heterocycles. The van der Waals surface area contributed by atoms with Crippen molar-refractivity contribution in [3.63, 3.8) is 0 Å². The summed E-state index contributed by atoms with van der Waals surface area (Å²) in [5, 5.41) is 0. The molecule has 0 saturated carbocycles. The van der Waals surface area contributed by atoms with Gasteiger partial charge in [-0.25, -0.2) is 17.6 Å². The maximum absolute atomic E-state index is 15.3. The van der Waals surface area contributed by atoms with Crippen LogP contribution in [0.25, 0.3) is 17.8 Å². The van der Waals surface area contributed by atoms with E-state index in [0.29, 0.717) is 15.7 Å². The highest BCUT2D eigenvalue weighted by Gasteiger charge is 2.18. The Kier molecular flexibility index (Phi) is 6.46. The number of hydrogen-bond acceptors (Lipinski definition) is 5. The topological polar surface area (TPSA) is 110 Å². The molecular weight excluding hydrogens is 493 g/mol. The van der Waals surface area contributed by atoms with Gasteiger partial charge >= 0.3 is 5.69 Å². The van der Waals surface area contributed by atoms with Crippen molar-refractivity contribution in [1.82, 2.24) is 9.55 Å². The number of nitrogens with one attached hydrogen (secondary N) is 2. The Morgan fingerprint density at radius 1 is 1.16 bits per heavy atom. The molecule has 0 fully saturated rings. The summed E-state index contributed by atoms with van der Waals surface area (Å²) in [5.41, 5.74) is -0.325. The average molecular weight is 510 g/mol. The van der Waals surface area contributed by atoms with E-state index in [2.05, 4.69) is 25.6 Å². The van der Waals surface area contributed by atoms with Crippen LogP contribution < -0.4 is 20.7 Å². The van der Waals surface area contributed by atoms with Gasteiger partial charge in [0.2, 0.25) is 10.0 Å². The van der Waals surface area contributed by atoms with E-state index < -0.39 is 27.1 Å². The fraction of sp³-hybridized carbons (Fsp3) is 0.100. The maximum atomic E-state index is 15.3. The van der Waals surface area contributed by atoms with E-state index >= 15 is 4.39 Å². The second-order valence-corrected chi connectivity index (χ2v) is 9.05. The standard InChI is InChI=1S/C20H17BrFN3O5S/c1-30-19-14(8-5-12-3-6-13(7-4-12)24-31(2,28)29)18(22)16(11-15(19)21)25-10-9-17(26)23-20(25)27/h3-11,24H,1-2H3,(H,23,26,27)/b8-5+. The van der Waals surface area contributed by atoms with Gasteiger partial charge in [-0.05, 0) is 45.8 Å². The minimum absolute atomic E-state index is 0.0725. The number of nitrogens with zero attached hydrogens (tertiary/aromatic N) is 1. The van der Waals surface area contributed by atoms with Crippen LogP contribution in [0.3, 0.4) is 0 Å². The minimum Gasteiger partial charge on any atom is -0.495 e. The normalized spacial score (nSPS) is 11.6. The zero-order valence-corrected chi connectivity index (χ0v) is 18.8. The first-order chi connectivity index (χ1) is 14.6. The molecule has 2 N–H and O–H groups in total. The molecule has 0 bridgehead atoms. The van der Waals surface area contributed by atoms with Crippen LogP contribution in [0.5, 0.6) is 5.75 Å². The lowest BCUT2D eigenvalue weighted by atomic mass is 10.1. The van der Waals surface area contributed by atoms with Crippen molar-refractivity contribution in [3.8, 4) is 11.4 Å². The summed E-state index contributed by atoms with van der Waals surface area (Å²) in [6.45, 7) is 0. The highest BCUT2D eigenvalue weighted by Crippen LogP contribution is 2.35. The lowest BCUT2D eigenvalue weighted by Crippen LogP contribution is -2.28. The van der Waals surface area contributed by atoms with Crippen LogP contribution in [0.1, 0.15) is 11.1 Å². The van der Waals surface area contributed by atoms with Gasteiger partial charge in [-0.2, -0.15) is 0 Å². The smallest absolute Gasteiger partial charge is 0.333 e.